The Morgan fingerprint density at radius 2 is 2.13 bits per heavy atom. The maximum absolute atomic E-state index is 12.3. The smallest absolute Gasteiger partial charge is 0.291 e. The van der Waals surface area contributed by atoms with E-state index in [1.54, 1.807) is 29.7 Å². The summed E-state index contributed by atoms with van der Waals surface area (Å²) in [5.41, 5.74) is 1.21. The van der Waals surface area contributed by atoms with Crippen molar-refractivity contribution < 1.29 is 4.79 Å². The van der Waals surface area contributed by atoms with Crippen molar-refractivity contribution in [2.24, 2.45) is 0 Å². The lowest BCUT2D eigenvalue weighted by molar-refractivity contribution is -0.122. The van der Waals surface area contributed by atoms with Crippen LogP contribution in [-0.2, 0) is 17.9 Å². The molecule has 23 heavy (non-hydrogen) atoms. The van der Waals surface area contributed by atoms with Crippen LogP contribution in [0.5, 0.6) is 0 Å². The average Bonchev–Trinajstić information content (AvgIpc) is 3.01. The van der Waals surface area contributed by atoms with Gasteiger partial charge < -0.3 is 5.32 Å². The number of amides is 1. The molecule has 3 rings (SSSR count). The zero-order valence-corrected chi connectivity index (χ0v) is 14.1. The van der Waals surface area contributed by atoms with E-state index < -0.39 is 0 Å². The van der Waals surface area contributed by atoms with Gasteiger partial charge in [-0.15, -0.1) is 0 Å². The number of hydrogen-bond donors (Lipinski definition) is 1. The maximum atomic E-state index is 12.3. The highest BCUT2D eigenvalue weighted by Gasteiger charge is 2.10. The van der Waals surface area contributed by atoms with Crippen molar-refractivity contribution in [2.75, 3.05) is 0 Å². The Hall–Kier alpha value is -2.41. The van der Waals surface area contributed by atoms with Gasteiger partial charge in [0.15, 0.2) is 0 Å². The fraction of sp³-hybridized carbons (Fsp3) is 0.188. The Kier molecular flexibility index (Phi) is 4.29. The first-order chi connectivity index (χ1) is 11.0. The Morgan fingerprint density at radius 3 is 2.91 bits per heavy atom. The molecule has 1 aromatic carbocycles. The molecule has 3 aromatic rings. The Labute approximate surface area is 140 Å². The van der Waals surface area contributed by atoms with Crippen molar-refractivity contribution in [1.82, 2.24) is 19.5 Å². The molecule has 0 saturated heterocycles. The van der Waals surface area contributed by atoms with E-state index in [9.17, 15) is 9.59 Å². The first kappa shape index (κ1) is 15.5. The Bertz CT molecular complexity index is 929. The van der Waals surface area contributed by atoms with Crippen LogP contribution >= 0.6 is 15.9 Å². The Balaban J connectivity index is 1.73. The molecule has 2 heterocycles. The molecule has 1 amide bonds. The molecule has 0 aliphatic carbocycles. The minimum Gasteiger partial charge on any atom is -0.350 e. The molecule has 0 saturated carbocycles. The average molecular weight is 375 g/mol. The lowest BCUT2D eigenvalue weighted by Gasteiger charge is -2.09. The molecular formula is C16H15BrN4O2. The van der Waals surface area contributed by atoms with Gasteiger partial charge >= 0.3 is 0 Å². The van der Waals surface area contributed by atoms with Crippen molar-refractivity contribution in [3.63, 3.8) is 0 Å². The second-order valence-corrected chi connectivity index (χ2v) is 6.10. The van der Waals surface area contributed by atoms with Gasteiger partial charge in [-0.3, -0.25) is 14.0 Å². The fourth-order valence-electron chi connectivity index (χ4n) is 2.38. The number of benzene rings is 1. The molecule has 0 radical (unpaired) electrons. The summed E-state index contributed by atoms with van der Waals surface area (Å²) in [6.45, 7) is 2.09. The highest BCUT2D eigenvalue weighted by atomic mass is 79.9. The van der Waals surface area contributed by atoms with Crippen LogP contribution in [0.4, 0.5) is 0 Å². The molecule has 0 aliphatic heterocycles. The quantitative estimate of drug-likeness (QED) is 0.757. The van der Waals surface area contributed by atoms with E-state index in [4.69, 9.17) is 0 Å². The third-order valence-corrected chi connectivity index (χ3v) is 3.98. The van der Waals surface area contributed by atoms with Crippen LogP contribution in [0.25, 0.3) is 5.52 Å². The van der Waals surface area contributed by atoms with Gasteiger partial charge in [0.2, 0.25) is 5.91 Å². The van der Waals surface area contributed by atoms with Gasteiger partial charge in [0, 0.05) is 17.2 Å². The van der Waals surface area contributed by atoms with Gasteiger partial charge in [0.25, 0.3) is 5.56 Å². The van der Waals surface area contributed by atoms with Crippen LogP contribution in [0, 0.1) is 6.92 Å². The van der Waals surface area contributed by atoms with E-state index in [0.29, 0.717) is 17.9 Å². The standard InChI is InChI=1S/C16H15BrN4O2/c1-11-19-21(16(23)14-6-3-7-20(11)14)10-15(22)18-9-12-4-2-5-13(17)8-12/h2-8H,9-10H2,1H3,(H,18,22). The number of aromatic nitrogens is 3. The normalized spacial score (nSPS) is 10.9. The van der Waals surface area contributed by atoms with E-state index in [1.165, 1.54) is 4.68 Å². The zero-order chi connectivity index (χ0) is 16.4. The molecule has 0 bridgehead atoms. The minimum absolute atomic E-state index is 0.102. The topological polar surface area (TPSA) is 68.4 Å². The highest BCUT2D eigenvalue weighted by Crippen LogP contribution is 2.11. The lowest BCUT2D eigenvalue weighted by atomic mass is 10.2. The number of nitrogens with one attached hydrogen (secondary N) is 1. The molecule has 0 aliphatic rings. The van der Waals surface area contributed by atoms with Gasteiger partial charge in [-0.1, -0.05) is 28.1 Å². The number of hydrogen-bond acceptors (Lipinski definition) is 3. The number of carbonyl (C=O) groups is 1. The van der Waals surface area contributed by atoms with Crippen molar-refractivity contribution in [3.8, 4) is 0 Å². The van der Waals surface area contributed by atoms with Crippen molar-refractivity contribution >= 4 is 27.4 Å². The summed E-state index contributed by atoms with van der Waals surface area (Å²) in [4.78, 5) is 24.4. The maximum Gasteiger partial charge on any atom is 0.291 e. The fourth-order valence-corrected chi connectivity index (χ4v) is 2.83. The van der Waals surface area contributed by atoms with Gasteiger partial charge in [-0.25, -0.2) is 4.68 Å². The van der Waals surface area contributed by atoms with E-state index in [2.05, 4.69) is 26.3 Å². The van der Waals surface area contributed by atoms with E-state index >= 15 is 0 Å². The molecule has 6 nitrogen and oxygen atoms in total. The van der Waals surface area contributed by atoms with Gasteiger partial charge in [0.05, 0.1) is 0 Å². The van der Waals surface area contributed by atoms with Crippen LogP contribution in [0.3, 0.4) is 0 Å². The van der Waals surface area contributed by atoms with E-state index in [1.807, 2.05) is 24.3 Å². The van der Waals surface area contributed by atoms with E-state index in [-0.39, 0.29) is 18.0 Å². The van der Waals surface area contributed by atoms with Crippen LogP contribution in [0.2, 0.25) is 0 Å². The number of nitrogens with zero attached hydrogens (tertiary/aromatic N) is 3. The van der Waals surface area contributed by atoms with Gasteiger partial charge in [0.1, 0.15) is 17.9 Å². The molecule has 2 aromatic heterocycles. The minimum atomic E-state index is -0.279. The van der Waals surface area contributed by atoms with Crippen LogP contribution < -0.4 is 10.9 Å². The molecule has 0 spiro atoms. The number of rotatable bonds is 4. The second kappa shape index (κ2) is 6.37. The Morgan fingerprint density at radius 1 is 1.30 bits per heavy atom. The predicted molar refractivity (Wildman–Crippen MR) is 90.2 cm³/mol. The molecule has 0 fully saturated rings. The van der Waals surface area contributed by atoms with Crippen LogP contribution in [0.1, 0.15) is 11.4 Å². The summed E-state index contributed by atoms with van der Waals surface area (Å²) in [5.74, 6) is 0.402. The monoisotopic (exact) mass is 374 g/mol. The molecule has 0 atom stereocenters. The molecular weight excluding hydrogens is 360 g/mol. The van der Waals surface area contributed by atoms with Crippen molar-refractivity contribution in [2.45, 2.75) is 20.0 Å². The molecule has 0 unspecified atom stereocenters. The molecule has 118 valence electrons. The number of halogens is 1. The summed E-state index contributed by atoms with van der Waals surface area (Å²) in [6, 6.07) is 11.2. The first-order valence-corrected chi connectivity index (χ1v) is 7.90. The molecule has 7 heteroatoms. The van der Waals surface area contributed by atoms with Gasteiger partial charge in [-0.2, -0.15) is 5.10 Å². The van der Waals surface area contributed by atoms with Crippen LogP contribution in [0.15, 0.2) is 51.9 Å². The summed E-state index contributed by atoms with van der Waals surface area (Å²) in [6.07, 6.45) is 1.77. The van der Waals surface area contributed by atoms with Crippen molar-refractivity contribution in [1.29, 1.82) is 0 Å². The number of aryl methyl sites for hydroxylation is 1. The highest BCUT2D eigenvalue weighted by molar-refractivity contribution is 9.10. The second-order valence-electron chi connectivity index (χ2n) is 5.18. The molecule has 1 N–H and O–H groups in total. The largest absolute Gasteiger partial charge is 0.350 e. The lowest BCUT2D eigenvalue weighted by Crippen LogP contribution is -2.34. The SMILES string of the molecule is Cc1nn(CC(=O)NCc2cccc(Br)c2)c(=O)c2cccn12. The predicted octanol–water partition coefficient (Wildman–Crippen LogP) is 1.88. The first-order valence-electron chi connectivity index (χ1n) is 7.10. The summed E-state index contributed by atoms with van der Waals surface area (Å²) < 4.78 is 3.86. The van der Waals surface area contributed by atoms with Crippen molar-refractivity contribution in [3.05, 3.63) is 68.8 Å². The van der Waals surface area contributed by atoms with E-state index in [0.717, 1.165) is 10.0 Å². The summed E-state index contributed by atoms with van der Waals surface area (Å²) in [5, 5.41) is 6.98. The third-order valence-electron chi connectivity index (χ3n) is 3.49. The van der Waals surface area contributed by atoms with Crippen LogP contribution in [-0.4, -0.2) is 20.1 Å². The van der Waals surface area contributed by atoms with Gasteiger partial charge in [-0.05, 0) is 36.8 Å². The number of fused-ring (bicyclic) bond motifs is 1. The number of carbonyl (C=O) groups excluding carboxylic acids is 1. The summed E-state index contributed by atoms with van der Waals surface area (Å²) >= 11 is 3.39. The zero-order valence-electron chi connectivity index (χ0n) is 12.5. The summed E-state index contributed by atoms with van der Waals surface area (Å²) in [7, 11) is 0. The third kappa shape index (κ3) is 3.34.